The van der Waals surface area contributed by atoms with E-state index in [9.17, 15) is 22.0 Å². The van der Waals surface area contributed by atoms with Crippen molar-refractivity contribution in [2.24, 2.45) is 5.92 Å². The highest BCUT2D eigenvalue weighted by Gasteiger charge is 2.33. The van der Waals surface area contributed by atoms with Crippen molar-refractivity contribution < 1.29 is 26.7 Å². The van der Waals surface area contributed by atoms with E-state index >= 15 is 0 Å². The number of hydrogen-bond acceptors (Lipinski definition) is 4. The van der Waals surface area contributed by atoms with Gasteiger partial charge in [-0.25, -0.2) is 17.2 Å². The Morgan fingerprint density at radius 3 is 2.62 bits per heavy atom. The smallest absolute Gasteiger partial charge is 0.246 e. The molecule has 1 aliphatic rings. The van der Waals surface area contributed by atoms with Gasteiger partial charge in [0.1, 0.15) is 16.5 Å². The first kappa shape index (κ1) is 20.7. The predicted octanol–water partition coefficient (Wildman–Crippen LogP) is 1.91. The summed E-state index contributed by atoms with van der Waals surface area (Å²) in [5.41, 5.74) is 0. The van der Waals surface area contributed by atoms with Crippen molar-refractivity contribution in [1.29, 1.82) is 0 Å². The van der Waals surface area contributed by atoms with Gasteiger partial charge >= 0.3 is 0 Å². The molecule has 6 nitrogen and oxygen atoms in total. The molecule has 1 aliphatic heterocycles. The zero-order valence-electron chi connectivity index (χ0n) is 14.7. The molecule has 0 unspecified atom stereocenters. The molecule has 9 heteroatoms. The third-order valence-corrected chi connectivity index (χ3v) is 6.32. The van der Waals surface area contributed by atoms with Crippen LogP contribution in [-0.4, -0.2) is 52.0 Å². The van der Waals surface area contributed by atoms with E-state index in [4.69, 9.17) is 4.74 Å². The van der Waals surface area contributed by atoms with Crippen molar-refractivity contribution in [2.45, 2.75) is 30.6 Å². The summed E-state index contributed by atoms with van der Waals surface area (Å²) < 4.78 is 58.2. The number of carbonyl (C=O) groups excluding carboxylic acids is 1. The lowest BCUT2D eigenvalue weighted by molar-refractivity contribution is -0.126. The van der Waals surface area contributed by atoms with Crippen LogP contribution < -0.4 is 5.32 Å². The lowest BCUT2D eigenvalue weighted by Gasteiger charge is -2.30. The zero-order chi connectivity index (χ0) is 19.2. The molecule has 146 valence electrons. The highest BCUT2D eigenvalue weighted by Crippen LogP contribution is 2.26. The van der Waals surface area contributed by atoms with E-state index in [2.05, 4.69) is 5.32 Å². The number of sulfonamides is 1. The molecule has 0 radical (unpaired) electrons. The first-order valence-electron chi connectivity index (χ1n) is 8.58. The van der Waals surface area contributed by atoms with Crippen molar-refractivity contribution >= 4 is 15.9 Å². The SMILES string of the molecule is COCCCCNC(=O)C1CCN(S(=O)(=O)c2cc(F)ccc2F)CC1. The Bertz CT molecular complexity index is 719. The molecule has 0 saturated carbocycles. The Hall–Kier alpha value is -1.58. The Balaban J connectivity index is 1.89. The average molecular weight is 390 g/mol. The molecule has 1 fully saturated rings. The summed E-state index contributed by atoms with van der Waals surface area (Å²) in [6.07, 6.45) is 2.36. The summed E-state index contributed by atoms with van der Waals surface area (Å²) in [4.78, 5) is 11.5. The molecular weight excluding hydrogens is 366 g/mol. The Kier molecular flexibility index (Phi) is 7.48. The largest absolute Gasteiger partial charge is 0.385 e. The van der Waals surface area contributed by atoms with E-state index in [0.29, 0.717) is 32.1 Å². The maximum Gasteiger partial charge on any atom is 0.246 e. The molecular formula is C17H24F2N2O4S. The van der Waals surface area contributed by atoms with Crippen LogP contribution in [-0.2, 0) is 19.6 Å². The molecule has 0 spiro atoms. The summed E-state index contributed by atoms with van der Waals surface area (Å²) >= 11 is 0. The number of nitrogens with one attached hydrogen (secondary N) is 1. The van der Waals surface area contributed by atoms with Crippen molar-refractivity contribution in [3.63, 3.8) is 0 Å². The van der Waals surface area contributed by atoms with E-state index < -0.39 is 26.6 Å². The molecule has 2 rings (SSSR count). The predicted molar refractivity (Wildman–Crippen MR) is 92.0 cm³/mol. The second kappa shape index (κ2) is 9.38. The van der Waals surface area contributed by atoms with Crippen molar-refractivity contribution in [3.8, 4) is 0 Å². The lowest BCUT2D eigenvalue weighted by atomic mass is 9.97. The van der Waals surface area contributed by atoms with E-state index in [1.54, 1.807) is 7.11 Å². The number of amides is 1. The minimum absolute atomic E-state index is 0.0973. The number of nitrogens with zero attached hydrogens (tertiary/aromatic N) is 1. The van der Waals surface area contributed by atoms with Crippen LogP contribution >= 0.6 is 0 Å². The van der Waals surface area contributed by atoms with E-state index in [-0.39, 0.29) is 24.9 Å². The molecule has 0 aliphatic carbocycles. The number of carbonyl (C=O) groups is 1. The number of halogens is 2. The molecule has 26 heavy (non-hydrogen) atoms. The molecule has 0 bridgehead atoms. The third kappa shape index (κ3) is 5.21. The van der Waals surface area contributed by atoms with E-state index in [1.807, 2.05) is 0 Å². The number of unbranched alkanes of at least 4 members (excludes halogenated alkanes) is 1. The molecule has 1 amide bonds. The van der Waals surface area contributed by atoms with Crippen LogP contribution in [0.15, 0.2) is 23.1 Å². The first-order valence-corrected chi connectivity index (χ1v) is 10.0. The number of hydrogen-bond donors (Lipinski definition) is 1. The van der Waals surface area contributed by atoms with Gasteiger partial charge in [0.25, 0.3) is 0 Å². The summed E-state index contributed by atoms with van der Waals surface area (Å²) in [7, 11) is -2.50. The summed E-state index contributed by atoms with van der Waals surface area (Å²) in [5, 5.41) is 2.84. The van der Waals surface area contributed by atoms with Crippen LogP contribution in [0.4, 0.5) is 8.78 Å². The van der Waals surface area contributed by atoms with Crippen LogP contribution in [0.5, 0.6) is 0 Å². The zero-order valence-corrected chi connectivity index (χ0v) is 15.5. The lowest BCUT2D eigenvalue weighted by Crippen LogP contribution is -2.43. The minimum atomic E-state index is -4.12. The summed E-state index contributed by atoms with van der Waals surface area (Å²) in [6.45, 7) is 1.39. The van der Waals surface area contributed by atoms with Gasteiger partial charge < -0.3 is 10.1 Å². The van der Waals surface area contributed by atoms with E-state index in [0.717, 1.165) is 29.3 Å². The number of benzene rings is 1. The van der Waals surface area contributed by atoms with Crippen molar-refractivity contribution in [1.82, 2.24) is 9.62 Å². The molecule has 1 heterocycles. The van der Waals surface area contributed by atoms with Gasteiger partial charge in [-0.1, -0.05) is 0 Å². The molecule has 1 aromatic carbocycles. The fourth-order valence-corrected chi connectivity index (χ4v) is 4.45. The molecule has 0 atom stereocenters. The van der Waals surface area contributed by atoms with Gasteiger partial charge in [-0.05, 0) is 43.9 Å². The molecule has 1 aromatic rings. The fraction of sp³-hybridized carbons (Fsp3) is 0.588. The van der Waals surface area contributed by atoms with Gasteiger partial charge in [0.05, 0.1) is 0 Å². The van der Waals surface area contributed by atoms with Crippen molar-refractivity contribution in [2.75, 3.05) is 33.4 Å². The molecule has 0 aromatic heterocycles. The van der Waals surface area contributed by atoms with Crippen molar-refractivity contribution in [3.05, 3.63) is 29.8 Å². The minimum Gasteiger partial charge on any atom is -0.385 e. The van der Waals surface area contributed by atoms with Crippen LogP contribution in [0.2, 0.25) is 0 Å². The van der Waals surface area contributed by atoms with Crippen LogP contribution in [0, 0.1) is 17.6 Å². The van der Waals surface area contributed by atoms with Crippen LogP contribution in [0.3, 0.4) is 0 Å². The standard InChI is InChI=1S/C17H24F2N2O4S/c1-25-11-3-2-8-20-17(22)13-6-9-21(10-7-13)26(23,24)16-12-14(18)4-5-15(16)19/h4-5,12-13H,2-3,6-11H2,1H3,(H,20,22). The third-order valence-electron chi connectivity index (χ3n) is 4.41. The number of piperidine rings is 1. The maximum absolute atomic E-state index is 13.8. The topological polar surface area (TPSA) is 75.7 Å². The Labute approximate surface area is 152 Å². The highest BCUT2D eigenvalue weighted by atomic mass is 32.2. The molecule has 1 saturated heterocycles. The highest BCUT2D eigenvalue weighted by molar-refractivity contribution is 7.89. The first-order chi connectivity index (χ1) is 12.4. The normalized spacial score (nSPS) is 16.6. The van der Waals surface area contributed by atoms with Gasteiger partial charge in [0, 0.05) is 39.3 Å². The summed E-state index contributed by atoms with van der Waals surface area (Å²) in [6, 6.07) is 2.35. The van der Waals surface area contributed by atoms with Gasteiger partial charge in [-0.3, -0.25) is 4.79 Å². The second-order valence-electron chi connectivity index (χ2n) is 6.24. The van der Waals surface area contributed by atoms with E-state index in [1.165, 1.54) is 0 Å². The van der Waals surface area contributed by atoms with Crippen LogP contribution in [0.1, 0.15) is 25.7 Å². The number of rotatable bonds is 8. The summed E-state index contributed by atoms with van der Waals surface area (Å²) in [5.74, 6) is -2.17. The van der Waals surface area contributed by atoms with Crippen LogP contribution in [0.25, 0.3) is 0 Å². The number of ether oxygens (including phenoxy) is 1. The Morgan fingerprint density at radius 1 is 1.27 bits per heavy atom. The Morgan fingerprint density at radius 2 is 1.96 bits per heavy atom. The van der Waals surface area contributed by atoms with Gasteiger partial charge in [-0.15, -0.1) is 0 Å². The van der Waals surface area contributed by atoms with Gasteiger partial charge in [0.2, 0.25) is 15.9 Å². The van der Waals surface area contributed by atoms with Gasteiger partial charge in [0.15, 0.2) is 0 Å². The quantitative estimate of drug-likeness (QED) is 0.688. The fourth-order valence-electron chi connectivity index (χ4n) is 2.90. The maximum atomic E-state index is 13.8. The molecule has 1 N–H and O–H groups in total. The second-order valence-corrected chi connectivity index (χ2v) is 8.15. The number of methoxy groups -OCH3 is 1. The monoisotopic (exact) mass is 390 g/mol. The average Bonchev–Trinajstić information content (AvgIpc) is 2.63. The van der Waals surface area contributed by atoms with Gasteiger partial charge in [-0.2, -0.15) is 4.31 Å².